The van der Waals surface area contributed by atoms with E-state index in [0.717, 1.165) is 24.4 Å². The highest BCUT2D eigenvalue weighted by Crippen LogP contribution is 2.49. The van der Waals surface area contributed by atoms with Crippen molar-refractivity contribution in [2.45, 2.75) is 39.2 Å². The first-order valence-corrected chi connectivity index (χ1v) is 7.68. The molecular weight excluding hydrogens is 266 g/mol. The van der Waals surface area contributed by atoms with Crippen molar-refractivity contribution < 1.29 is 14.2 Å². The average molecular weight is 293 g/mol. The van der Waals surface area contributed by atoms with Gasteiger partial charge in [0.2, 0.25) is 5.75 Å². The lowest BCUT2D eigenvalue weighted by Crippen LogP contribution is -2.23. The van der Waals surface area contributed by atoms with E-state index in [-0.39, 0.29) is 0 Å². The summed E-state index contributed by atoms with van der Waals surface area (Å²) in [4.78, 5) is 0. The summed E-state index contributed by atoms with van der Waals surface area (Å²) in [6.07, 6.45) is 5.30. The summed E-state index contributed by atoms with van der Waals surface area (Å²) in [5.41, 5.74) is 1.65. The zero-order valence-corrected chi connectivity index (χ0v) is 13.6. The Kier molecular flexibility index (Phi) is 5.34. The number of nitrogens with one attached hydrogen (secondary N) is 1. The standard InChI is InChI=1S/C17H27NO3/c1-5-8-17(9-10-17)12-18-11-13-6-7-14(19-2)16(21-4)15(13)20-3/h6-7,18H,5,8-12H2,1-4H3. The largest absolute Gasteiger partial charge is 0.493 e. The maximum absolute atomic E-state index is 5.51. The zero-order valence-electron chi connectivity index (χ0n) is 13.6. The van der Waals surface area contributed by atoms with E-state index >= 15 is 0 Å². The SMILES string of the molecule is CCCC1(CNCc2ccc(OC)c(OC)c2OC)CC1. The van der Waals surface area contributed by atoms with Crippen LogP contribution in [0.1, 0.15) is 38.2 Å². The van der Waals surface area contributed by atoms with Gasteiger partial charge in [-0.05, 0) is 30.7 Å². The number of benzene rings is 1. The van der Waals surface area contributed by atoms with Gasteiger partial charge in [-0.15, -0.1) is 0 Å². The van der Waals surface area contributed by atoms with E-state index in [2.05, 4.69) is 12.2 Å². The van der Waals surface area contributed by atoms with Crippen LogP contribution in [0, 0.1) is 5.41 Å². The van der Waals surface area contributed by atoms with Crippen LogP contribution in [-0.2, 0) is 6.54 Å². The molecule has 1 aromatic rings. The van der Waals surface area contributed by atoms with Gasteiger partial charge in [0.15, 0.2) is 11.5 Å². The topological polar surface area (TPSA) is 39.7 Å². The molecule has 1 aliphatic rings. The molecule has 0 heterocycles. The summed E-state index contributed by atoms with van der Waals surface area (Å²) >= 11 is 0. The van der Waals surface area contributed by atoms with Gasteiger partial charge in [-0.25, -0.2) is 0 Å². The molecule has 1 N–H and O–H groups in total. The highest BCUT2D eigenvalue weighted by Gasteiger charge is 2.40. The smallest absolute Gasteiger partial charge is 0.203 e. The van der Waals surface area contributed by atoms with Gasteiger partial charge in [0.25, 0.3) is 0 Å². The highest BCUT2D eigenvalue weighted by atomic mass is 16.5. The van der Waals surface area contributed by atoms with Gasteiger partial charge >= 0.3 is 0 Å². The fourth-order valence-electron chi connectivity index (χ4n) is 2.99. The molecule has 1 saturated carbocycles. The molecule has 0 atom stereocenters. The van der Waals surface area contributed by atoms with Crippen molar-refractivity contribution in [3.63, 3.8) is 0 Å². The third kappa shape index (κ3) is 3.62. The third-order valence-corrected chi connectivity index (χ3v) is 4.34. The summed E-state index contributed by atoms with van der Waals surface area (Å²) in [6.45, 7) is 4.13. The van der Waals surface area contributed by atoms with E-state index < -0.39 is 0 Å². The molecule has 4 nitrogen and oxygen atoms in total. The number of ether oxygens (including phenoxy) is 3. The van der Waals surface area contributed by atoms with E-state index in [0.29, 0.717) is 16.9 Å². The van der Waals surface area contributed by atoms with Crippen molar-refractivity contribution in [2.24, 2.45) is 5.41 Å². The second kappa shape index (κ2) is 7.03. The molecule has 1 aliphatic carbocycles. The van der Waals surface area contributed by atoms with E-state index in [1.54, 1.807) is 21.3 Å². The van der Waals surface area contributed by atoms with E-state index in [9.17, 15) is 0 Å². The van der Waals surface area contributed by atoms with Gasteiger partial charge in [0.05, 0.1) is 21.3 Å². The van der Waals surface area contributed by atoms with E-state index in [4.69, 9.17) is 14.2 Å². The fraction of sp³-hybridized carbons (Fsp3) is 0.647. The van der Waals surface area contributed by atoms with Crippen LogP contribution in [0.2, 0.25) is 0 Å². The normalized spacial score (nSPS) is 15.6. The number of hydrogen-bond donors (Lipinski definition) is 1. The highest BCUT2D eigenvalue weighted by molar-refractivity contribution is 5.55. The molecule has 0 bridgehead atoms. The van der Waals surface area contributed by atoms with Gasteiger partial charge in [0, 0.05) is 18.7 Å². The van der Waals surface area contributed by atoms with Crippen LogP contribution < -0.4 is 19.5 Å². The van der Waals surface area contributed by atoms with Crippen LogP contribution in [0.25, 0.3) is 0 Å². The van der Waals surface area contributed by atoms with Crippen LogP contribution in [0.5, 0.6) is 17.2 Å². The maximum atomic E-state index is 5.51. The lowest BCUT2D eigenvalue weighted by Gasteiger charge is -2.18. The molecule has 2 rings (SSSR count). The number of methoxy groups -OCH3 is 3. The monoisotopic (exact) mass is 293 g/mol. The molecule has 0 amide bonds. The first-order valence-electron chi connectivity index (χ1n) is 7.68. The van der Waals surface area contributed by atoms with Crippen molar-refractivity contribution >= 4 is 0 Å². The molecule has 118 valence electrons. The molecule has 0 spiro atoms. The summed E-state index contributed by atoms with van der Waals surface area (Å²) in [6, 6.07) is 3.96. The van der Waals surface area contributed by atoms with Crippen molar-refractivity contribution in [1.82, 2.24) is 5.32 Å². The Morgan fingerprint density at radius 1 is 1.05 bits per heavy atom. The average Bonchev–Trinajstić information content (AvgIpc) is 3.26. The molecule has 21 heavy (non-hydrogen) atoms. The molecule has 0 aromatic heterocycles. The molecular formula is C17H27NO3. The van der Waals surface area contributed by atoms with Crippen LogP contribution in [0.4, 0.5) is 0 Å². The lowest BCUT2D eigenvalue weighted by molar-refractivity contribution is 0.321. The Labute approximate surface area is 127 Å². The Morgan fingerprint density at radius 3 is 2.29 bits per heavy atom. The molecule has 0 radical (unpaired) electrons. The fourth-order valence-corrected chi connectivity index (χ4v) is 2.99. The van der Waals surface area contributed by atoms with Gasteiger partial charge in [-0.1, -0.05) is 19.4 Å². The third-order valence-electron chi connectivity index (χ3n) is 4.34. The van der Waals surface area contributed by atoms with Crippen LogP contribution in [-0.4, -0.2) is 27.9 Å². The van der Waals surface area contributed by atoms with E-state index in [1.165, 1.54) is 25.7 Å². The quantitative estimate of drug-likeness (QED) is 0.757. The Hall–Kier alpha value is -1.42. The van der Waals surface area contributed by atoms with Crippen LogP contribution >= 0.6 is 0 Å². The van der Waals surface area contributed by atoms with Gasteiger partial charge in [0.1, 0.15) is 0 Å². The molecule has 1 aromatic carbocycles. The minimum absolute atomic E-state index is 0.554. The number of hydrogen-bond acceptors (Lipinski definition) is 4. The molecule has 0 aliphatic heterocycles. The zero-order chi connectivity index (χ0) is 15.3. The minimum atomic E-state index is 0.554. The van der Waals surface area contributed by atoms with Crippen molar-refractivity contribution in [1.29, 1.82) is 0 Å². The molecule has 0 saturated heterocycles. The Bertz CT molecular complexity index is 469. The maximum Gasteiger partial charge on any atom is 0.203 e. The Morgan fingerprint density at radius 2 is 1.76 bits per heavy atom. The number of rotatable bonds is 9. The van der Waals surface area contributed by atoms with Crippen LogP contribution in [0.15, 0.2) is 12.1 Å². The Balaban J connectivity index is 2.03. The lowest BCUT2D eigenvalue weighted by atomic mass is 10.0. The molecule has 4 heteroatoms. The van der Waals surface area contributed by atoms with Crippen molar-refractivity contribution in [3.05, 3.63) is 17.7 Å². The summed E-state index contributed by atoms with van der Waals surface area (Å²) < 4.78 is 16.2. The predicted octanol–water partition coefficient (Wildman–Crippen LogP) is 3.38. The van der Waals surface area contributed by atoms with Crippen molar-refractivity contribution in [3.8, 4) is 17.2 Å². The minimum Gasteiger partial charge on any atom is -0.493 e. The second-order valence-electron chi connectivity index (χ2n) is 5.85. The molecule has 0 unspecified atom stereocenters. The second-order valence-corrected chi connectivity index (χ2v) is 5.85. The van der Waals surface area contributed by atoms with Crippen LogP contribution in [0.3, 0.4) is 0 Å². The predicted molar refractivity (Wildman–Crippen MR) is 84.4 cm³/mol. The van der Waals surface area contributed by atoms with E-state index in [1.807, 2.05) is 12.1 Å². The van der Waals surface area contributed by atoms with Crippen molar-refractivity contribution in [2.75, 3.05) is 27.9 Å². The van der Waals surface area contributed by atoms with Gasteiger partial charge in [-0.2, -0.15) is 0 Å². The van der Waals surface area contributed by atoms with Gasteiger partial charge < -0.3 is 19.5 Å². The molecule has 1 fully saturated rings. The summed E-state index contributed by atoms with van der Waals surface area (Å²) in [5.74, 6) is 2.11. The summed E-state index contributed by atoms with van der Waals surface area (Å²) in [7, 11) is 4.94. The van der Waals surface area contributed by atoms with Gasteiger partial charge in [-0.3, -0.25) is 0 Å². The first-order chi connectivity index (χ1) is 10.2. The summed E-state index contributed by atoms with van der Waals surface area (Å²) in [5, 5.41) is 3.58. The first kappa shape index (κ1) is 16.0.